The van der Waals surface area contributed by atoms with Gasteiger partial charge in [0.1, 0.15) is 0 Å². The summed E-state index contributed by atoms with van der Waals surface area (Å²) in [6.45, 7) is 2.29. The van der Waals surface area contributed by atoms with Crippen LogP contribution in [0.1, 0.15) is 43.5 Å². The normalized spacial score (nSPS) is 19.7. The van der Waals surface area contributed by atoms with Gasteiger partial charge in [0, 0.05) is 17.3 Å². The second-order valence-corrected chi connectivity index (χ2v) is 6.16. The number of thiophene rings is 1. The van der Waals surface area contributed by atoms with Crippen molar-refractivity contribution in [1.82, 2.24) is 5.32 Å². The van der Waals surface area contributed by atoms with Crippen molar-refractivity contribution in [3.05, 3.63) is 22.4 Å². The second kappa shape index (κ2) is 6.34. The molecular formula is C14H22N2OS. The van der Waals surface area contributed by atoms with Crippen molar-refractivity contribution in [2.75, 3.05) is 6.54 Å². The van der Waals surface area contributed by atoms with Gasteiger partial charge in [0.25, 0.3) is 0 Å². The van der Waals surface area contributed by atoms with E-state index >= 15 is 0 Å². The van der Waals surface area contributed by atoms with E-state index in [0.717, 1.165) is 0 Å². The lowest BCUT2D eigenvalue weighted by molar-refractivity contribution is -0.125. The fourth-order valence-electron chi connectivity index (χ4n) is 2.58. The minimum Gasteiger partial charge on any atom is -0.348 e. The third-order valence-corrected chi connectivity index (χ3v) is 4.78. The molecule has 2 unspecified atom stereocenters. The largest absolute Gasteiger partial charge is 0.348 e. The topological polar surface area (TPSA) is 55.1 Å². The molecule has 1 aliphatic rings. The van der Waals surface area contributed by atoms with Crippen LogP contribution >= 0.6 is 11.3 Å². The molecule has 1 fully saturated rings. The predicted octanol–water partition coefficient (Wildman–Crippen LogP) is 2.69. The predicted molar refractivity (Wildman–Crippen MR) is 75.4 cm³/mol. The molecule has 1 saturated carbocycles. The average Bonchev–Trinajstić information content (AvgIpc) is 3.06. The number of carbonyl (C=O) groups excluding carboxylic acids is 1. The molecule has 18 heavy (non-hydrogen) atoms. The highest BCUT2D eigenvalue weighted by Gasteiger charge is 2.29. The standard InChI is InChI=1S/C14H22N2OS/c1-10(9-15)14(17)16-13(11-5-2-3-6-11)12-7-4-8-18-12/h4,7-8,10-11,13H,2-3,5-6,9,15H2,1H3,(H,16,17). The molecule has 3 N–H and O–H groups in total. The van der Waals surface area contributed by atoms with Crippen LogP contribution in [0.15, 0.2) is 17.5 Å². The van der Waals surface area contributed by atoms with Crippen LogP contribution < -0.4 is 11.1 Å². The first kappa shape index (κ1) is 13.6. The molecule has 100 valence electrons. The molecule has 1 amide bonds. The monoisotopic (exact) mass is 266 g/mol. The third-order valence-electron chi connectivity index (χ3n) is 3.82. The van der Waals surface area contributed by atoms with E-state index in [1.165, 1.54) is 30.6 Å². The molecule has 1 aromatic heterocycles. The molecule has 1 aliphatic carbocycles. The van der Waals surface area contributed by atoms with Crippen LogP contribution in [0.4, 0.5) is 0 Å². The van der Waals surface area contributed by atoms with Crippen LogP contribution in [-0.4, -0.2) is 12.5 Å². The van der Waals surface area contributed by atoms with Crippen molar-refractivity contribution in [2.45, 2.75) is 38.6 Å². The molecule has 3 nitrogen and oxygen atoms in total. The quantitative estimate of drug-likeness (QED) is 0.861. The maximum absolute atomic E-state index is 12.0. The van der Waals surface area contributed by atoms with E-state index in [-0.39, 0.29) is 17.9 Å². The summed E-state index contributed by atoms with van der Waals surface area (Å²) >= 11 is 1.73. The Morgan fingerprint density at radius 2 is 2.28 bits per heavy atom. The highest BCUT2D eigenvalue weighted by Crippen LogP contribution is 2.37. The Balaban J connectivity index is 2.07. The van der Waals surface area contributed by atoms with Crippen LogP contribution in [0.3, 0.4) is 0 Å². The van der Waals surface area contributed by atoms with E-state index < -0.39 is 0 Å². The average molecular weight is 266 g/mol. The SMILES string of the molecule is CC(CN)C(=O)NC(c1cccs1)C1CCCC1. The highest BCUT2D eigenvalue weighted by molar-refractivity contribution is 7.10. The number of rotatable bonds is 5. The van der Waals surface area contributed by atoms with E-state index in [1.54, 1.807) is 11.3 Å². The summed E-state index contributed by atoms with van der Waals surface area (Å²) in [6, 6.07) is 4.37. The Morgan fingerprint density at radius 1 is 1.56 bits per heavy atom. The first-order valence-electron chi connectivity index (χ1n) is 6.76. The summed E-state index contributed by atoms with van der Waals surface area (Å²) in [6.07, 6.45) is 5.02. The van der Waals surface area contributed by atoms with E-state index in [0.29, 0.717) is 12.5 Å². The fourth-order valence-corrected chi connectivity index (χ4v) is 3.45. The molecule has 1 aromatic rings. The van der Waals surface area contributed by atoms with Crippen molar-refractivity contribution in [3.8, 4) is 0 Å². The Bertz CT molecular complexity index is 371. The van der Waals surface area contributed by atoms with Gasteiger partial charge in [-0.2, -0.15) is 0 Å². The number of nitrogens with two attached hydrogens (primary N) is 1. The lowest BCUT2D eigenvalue weighted by atomic mass is 9.96. The number of hydrogen-bond acceptors (Lipinski definition) is 3. The summed E-state index contributed by atoms with van der Waals surface area (Å²) < 4.78 is 0. The lowest BCUT2D eigenvalue weighted by Crippen LogP contribution is -2.38. The summed E-state index contributed by atoms with van der Waals surface area (Å²) in [5.41, 5.74) is 5.56. The minimum atomic E-state index is -0.103. The fraction of sp³-hybridized carbons (Fsp3) is 0.643. The Labute approximate surface area is 113 Å². The number of nitrogens with one attached hydrogen (secondary N) is 1. The smallest absolute Gasteiger partial charge is 0.224 e. The van der Waals surface area contributed by atoms with Crippen LogP contribution in [-0.2, 0) is 4.79 Å². The van der Waals surface area contributed by atoms with Crippen LogP contribution in [0.5, 0.6) is 0 Å². The Morgan fingerprint density at radius 3 is 2.83 bits per heavy atom. The van der Waals surface area contributed by atoms with Gasteiger partial charge in [0.05, 0.1) is 6.04 Å². The molecule has 0 radical (unpaired) electrons. The van der Waals surface area contributed by atoms with Crippen molar-refractivity contribution in [1.29, 1.82) is 0 Å². The first-order valence-corrected chi connectivity index (χ1v) is 7.64. The van der Waals surface area contributed by atoms with Gasteiger partial charge < -0.3 is 11.1 Å². The van der Waals surface area contributed by atoms with Gasteiger partial charge in [0.2, 0.25) is 5.91 Å². The Kier molecular flexibility index (Phi) is 4.78. The molecule has 4 heteroatoms. The zero-order valence-electron chi connectivity index (χ0n) is 10.9. The molecule has 0 spiro atoms. The van der Waals surface area contributed by atoms with E-state index in [1.807, 2.05) is 6.92 Å². The zero-order chi connectivity index (χ0) is 13.0. The summed E-state index contributed by atoms with van der Waals surface area (Å²) in [7, 11) is 0. The number of amides is 1. The molecular weight excluding hydrogens is 244 g/mol. The van der Waals surface area contributed by atoms with Gasteiger partial charge in [-0.1, -0.05) is 25.8 Å². The van der Waals surface area contributed by atoms with E-state index in [9.17, 15) is 4.79 Å². The highest BCUT2D eigenvalue weighted by atomic mass is 32.1. The number of carbonyl (C=O) groups is 1. The summed E-state index contributed by atoms with van der Waals surface area (Å²) in [5.74, 6) is 0.578. The van der Waals surface area contributed by atoms with Gasteiger partial charge in [0.15, 0.2) is 0 Å². The molecule has 0 aromatic carbocycles. The van der Waals surface area contributed by atoms with Gasteiger partial charge in [-0.15, -0.1) is 11.3 Å². The maximum Gasteiger partial charge on any atom is 0.224 e. The maximum atomic E-state index is 12.0. The number of hydrogen-bond donors (Lipinski definition) is 2. The molecule has 0 bridgehead atoms. The minimum absolute atomic E-state index is 0.0859. The van der Waals surface area contributed by atoms with E-state index in [2.05, 4.69) is 22.8 Å². The van der Waals surface area contributed by atoms with Crippen LogP contribution in [0.2, 0.25) is 0 Å². The van der Waals surface area contributed by atoms with Gasteiger partial charge in [-0.25, -0.2) is 0 Å². The summed E-state index contributed by atoms with van der Waals surface area (Å²) in [5, 5.41) is 5.28. The Hall–Kier alpha value is -0.870. The van der Waals surface area contributed by atoms with Gasteiger partial charge in [-0.3, -0.25) is 4.79 Å². The molecule has 0 saturated heterocycles. The lowest BCUT2D eigenvalue weighted by Gasteiger charge is -2.25. The van der Waals surface area contributed by atoms with Crippen molar-refractivity contribution in [3.63, 3.8) is 0 Å². The molecule has 0 aliphatic heterocycles. The van der Waals surface area contributed by atoms with Crippen molar-refractivity contribution in [2.24, 2.45) is 17.6 Å². The third kappa shape index (κ3) is 3.12. The van der Waals surface area contributed by atoms with Crippen LogP contribution in [0, 0.1) is 11.8 Å². The molecule has 2 rings (SSSR count). The zero-order valence-corrected chi connectivity index (χ0v) is 11.7. The van der Waals surface area contributed by atoms with Gasteiger partial charge in [-0.05, 0) is 30.2 Å². The summed E-state index contributed by atoms with van der Waals surface area (Å²) in [4.78, 5) is 13.3. The van der Waals surface area contributed by atoms with Crippen molar-refractivity contribution < 1.29 is 4.79 Å². The first-order chi connectivity index (χ1) is 8.72. The van der Waals surface area contributed by atoms with E-state index in [4.69, 9.17) is 5.73 Å². The van der Waals surface area contributed by atoms with Gasteiger partial charge >= 0.3 is 0 Å². The molecule has 1 heterocycles. The molecule has 2 atom stereocenters. The second-order valence-electron chi connectivity index (χ2n) is 5.18. The van der Waals surface area contributed by atoms with Crippen molar-refractivity contribution >= 4 is 17.2 Å². The van der Waals surface area contributed by atoms with Crippen LogP contribution in [0.25, 0.3) is 0 Å².